The quantitative estimate of drug-likeness (QED) is 0.876. The fraction of sp³-hybridized carbons (Fsp3) is 0.538. The fourth-order valence-electron chi connectivity index (χ4n) is 1.73. The predicted octanol–water partition coefficient (Wildman–Crippen LogP) is 3.47. The van der Waals surface area contributed by atoms with Gasteiger partial charge in [-0.05, 0) is 30.5 Å². The van der Waals surface area contributed by atoms with E-state index >= 15 is 0 Å². The van der Waals surface area contributed by atoms with E-state index in [1.807, 2.05) is 13.0 Å². The summed E-state index contributed by atoms with van der Waals surface area (Å²) in [5.74, 6) is 0.768. The lowest BCUT2D eigenvalue weighted by Crippen LogP contribution is -2.30. The summed E-state index contributed by atoms with van der Waals surface area (Å²) in [6.07, 6.45) is -3.41. The van der Waals surface area contributed by atoms with Gasteiger partial charge in [0.1, 0.15) is 5.75 Å². The highest BCUT2D eigenvalue weighted by atomic mass is 19.4. The summed E-state index contributed by atoms with van der Waals surface area (Å²) in [7, 11) is 1.58. The fourth-order valence-corrected chi connectivity index (χ4v) is 1.73. The van der Waals surface area contributed by atoms with Crippen LogP contribution in [0, 0.1) is 0 Å². The third-order valence-electron chi connectivity index (χ3n) is 2.79. The maximum Gasteiger partial charge on any atom is 0.401 e. The standard InChI is InChI=1S/C13H18F3NO/c1-4-10-7-11(5-6-12(10)18-3)9(2)17-8-13(14,15)16/h5-7,9,17H,4,8H2,1-3H3. The minimum atomic E-state index is -4.19. The van der Waals surface area contributed by atoms with E-state index in [0.29, 0.717) is 0 Å². The van der Waals surface area contributed by atoms with Crippen LogP contribution in [0.25, 0.3) is 0 Å². The number of aryl methyl sites for hydroxylation is 1. The number of nitrogens with one attached hydrogen (secondary N) is 1. The molecular weight excluding hydrogens is 243 g/mol. The molecule has 0 heterocycles. The zero-order valence-corrected chi connectivity index (χ0v) is 10.8. The zero-order chi connectivity index (χ0) is 13.8. The van der Waals surface area contributed by atoms with E-state index in [4.69, 9.17) is 4.74 Å². The lowest BCUT2D eigenvalue weighted by atomic mass is 10.0. The number of halogens is 3. The second-order valence-corrected chi connectivity index (χ2v) is 4.14. The van der Waals surface area contributed by atoms with Crippen LogP contribution in [0.3, 0.4) is 0 Å². The lowest BCUT2D eigenvalue weighted by molar-refractivity contribution is -0.126. The smallest absolute Gasteiger partial charge is 0.401 e. The molecule has 0 aliphatic carbocycles. The minimum absolute atomic E-state index is 0.345. The molecule has 0 aromatic heterocycles. The SMILES string of the molecule is CCc1cc(C(C)NCC(F)(F)F)ccc1OC. The highest BCUT2D eigenvalue weighted by Crippen LogP contribution is 2.24. The maximum absolute atomic E-state index is 12.1. The van der Waals surface area contributed by atoms with Crippen molar-refractivity contribution in [3.63, 3.8) is 0 Å². The first-order chi connectivity index (χ1) is 8.37. The van der Waals surface area contributed by atoms with Gasteiger partial charge in [-0.15, -0.1) is 0 Å². The summed E-state index contributed by atoms with van der Waals surface area (Å²) < 4.78 is 41.5. The van der Waals surface area contributed by atoms with Gasteiger partial charge in [0.25, 0.3) is 0 Å². The molecule has 1 unspecified atom stereocenters. The van der Waals surface area contributed by atoms with Crippen LogP contribution in [0.5, 0.6) is 5.75 Å². The molecule has 0 spiro atoms. The van der Waals surface area contributed by atoms with Crippen LogP contribution >= 0.6 is 0 Å². The van der Waals surface area contributed by atoms with Gasteiger partial charge in [-0.3, -0.25) is 0 Å². The molecule has 0 radical (unpaired) electrons. The Morgan fingerprint density at radius 2 is 2.00 bits per heavy atom. The van der Waals surface area contributed by atoms with Crippen molar-refractivity contribution in [2.24, 2.45) is 0 Å². The predicted molar refractivity (Wildman–Crippen MR) is 64.8 cm³/mol. The Labute approximate surface area is 105 Å². The summed E-state index contributed by atoms with van der Waals surface area (Å²) in [5.41, 5.74) is 1.83. The first-order valence-corrected chi connectivity index (χ1v) is 5.84. The number of methoxy groups -OCH3 is 1. The largest absolute Gasteiger partial charge is 0.496 e. The van der Waals surface area contributed by atoms with Crippen molar-refractivity contribution < 1.29 is 17.9 Å². The molecule has 0 aliphatic rings. The van der Waals surface area contributed by atoms with Gasteiger partial charge in [-0.25, -0.2) is 0 Å². The molecule has 0 fully saturated rings. The Kier molecular flexibility index (Phi) is 5.02. The summed E-state index contributed by atoms with van der Waals surface area (Å²) in [6, 6.07) is 5.11. The highest BCUT2D eigenvalue weighted by molar-refractivity contribution is 5.38. The number of alkyl halides is 3. The molecule has 1 N–H and O–H groups in total. The molecule has 0 saturated carbocycles. The Balaban J connectivity index is 2.77. The minimum Gasteiger partial charge on any atom is -0.496 e. The third kappa shape index (κ3) is 4.22. The van der Waals surface area contributed by atoms with Gasteiger partial charge in [-0.2, -0.15) is 13.2 Å². The second kappa shape index (κ2) is 6.09. The van der Waals surface area contributed by atoms with Crippen LogP contribution in [0.15, 0.2) is 18.2 Å². The van der Waals surface area contributed by atoms with Gasteiger partial charge in [0.05, 0.1) is 13.7 Å². The van der Waals surface area contributed by atoms with Crippen LogP contribution in [0.4, 0.5) is 13.2 Å². The average molecular weight is 261 g/mol. The van der Waals surface area contributed by atoms with Crippen LogP contribution in [0.1, 0.15) is 31.0 Å². The molecule has 0 amide bonds. The van der Waals surface area contributed by atoms with E-state index in [0.717, 1.165) is 23.3 Å². The first-order valence-electron chi connectivity index (χ1n) is 5.84. The molecule has 1 aromatic rings. The van der Waals surface area contributed by atoms with Crippen molar-refractivity contribution in [1.82, 2.24) is 5.32 Å². The number of hydrogen-bond donors (Lipinski definition) is 1. The molecule has 1 aromatic carbocycles. The average Bonchev–Trinajstić information content (AvgIpc) is 2.34. The van der Waals surface area contributed by atoms with E-state index in [2.05, 4.69) is 5.32 Å². The Morgan fingerprint density at radius 1 is 1.33 bits per heavy atom. The van der Waals surface area contributed by atoms with Crippen molar-refractivity contribution in [2.45, 2.75) is 32.5 Å². The number of ether oxygens (including phenoxy) is 1. The number of hydrogen-bond acceptors (Lipinski definition) is 2. The van der Waals surface area contributed by atoms with Crippen LogP contribution in [-0.2, 0) is 6.42 Å². The molecular formula is C13H18F3NO. The van der Waals surface area contributed by atoms with Gasteiger partial charge in [-0.1, -0.05) is 19.1 Å². The van der Waals surface area contributed by atoms with Gasteiger partial charge in [0.2, 0.25) is 0 Å². The van der Waals surface area contributed by atoms with Crippen molar-refractivity contribution >= 4 is 0 Å². The van der Waals surface area contributed by atoms with E-state index in [1.165, 1.54) is 0 Å². The molecule has 102 valence electrons. The van der Waals surface area contributed by atoms with E-state index < -0.39 is 12.7 Å². The summed E-state index contributed by atoms with van der Waals surface area (Å²) in [4.78, 5) is 0. The topological polar surface area (TPSA) is 21.3 Å². The van der Waals surface area contributed by atoms with Crippen LogP contribution in [-0.4, -0.2) is 19.8 Å². The van der Waals surface area contributed by atoms with Gasteiger partial charge in [0, 0.05) is 6.04 Å². The molecule has 0 bridgehead atoms. The lowest BCUT2D eigenvalue weighted by Gasteiger charge is -2.17. The molecule has 1 atom stereocenters. The monoisotopic (exact) mass is 261 g/mol. The Hall–Kier alpha value is -1.23. The Morgan fingerprint density at radius 3 is 2.50 bits per heavy atom. The highest BCUT2D eigenvalue weighted by Gasteiger charge is 2.27. The molecule has 2 nitrogen and oxygen atoms in total. The van der Waals surface area contributed by atoms with E-state index in [9.17, 15) is 13.2 Å². The van der Waals surface area contributed by atoms with Crippen molar-refractivity contribution in [3.05, 3.63) is 29.3 Å². The maximum atomic E-state index is 12.1. The van der Waals surface area contributed by atoms with E-state index in [-0.39, 0.29) is 6.04 Å². The molecule has 18 heavy (non-hydrogen) atoms. The van der Waals surface area contributed by atoms with Crippen molar-refractivity contribution in [3.8, 4) is 5.75 Å². The molecule has 0 aliphatic heterocycles. The first kappa shape index (κ1) is 14.8. The molecule has 1 rings (SSSR count). The number of rotatable bonds is 5. The van der Waals surface area contributed by atoms with Gasteiger partial charge >= 0.3 is 6.18 Å². The third-order valence-corrected chi connectivity index (χ3v) is 2.79. The second-order valence-electron chi connectivity index (χ2n) is 4.14. The Bertz CT molecular complexity index is 390. The normalized spacial score (nSPS) is 13.4. The van der Waals surface area contributed by atoms with Gasteiger partial charge < -0.3 is 10.1 Å². The summed E-state index contributed by atoms with van der Waals surface area (Å²) in [5, 5.41) is 2.46. The van der Waals surface area contributed by atoms with E-state index in [1.54, 1.807) is 26.2 Å². The van der Waals surface area contributed by atoms with Crippen molar-refractivity contribution in [1.29, 1.82) is 0 Å². The number of benzene rings is 1. The zero-order valence-electron chi connectivity index (χ0n) is 10.8. The molecule has 0 saturated heterocycles. The van der Waals surface area contributed by atoms with Crippen molar-refractivity contribution in [2.75, 3.05) is 13.7 Å². The summed E-state index contributed by atoms with van der Waals surface area (Å²) in [6.45, 7) is 2.71. The molecule has 5 heteroatoms. The van der Waals surface area contributed by atoms with Gasteiger partial charge in [0.15, 0.2) is 0 Å². The van der Waals surface area contributed by atoms with Crippen LogP contribution in [0.2, 0.25) is 0 Å². The summed E-state index contributed by atoms with van der Waals surface area (Å²) >= 11 is 0. The van der Waals surface area contributed by atoms with Crippen LogP contribution < -0.4 is 10.1 Å².